The van der Waals surface area contributed by atoms with E-state index < -0.39 is 0 Å². The van der Waals surface area contributed by atoms with Gasteiger partial charge < -0.3 is 0 Å². The topological polar surface area (TPSA) is 25.8 Å². The molecule has 0 saturated heterocycles. The van der Waals surface area contributed by atoms with Crippen molar-refractivity contribution in [1.29, 1.82) is 0 Å². The molecule has 0 bridgehead atoms. The van der Waals surface area contributed by atoms with Crippen LogP contribution in [0.1, 0.15) is 11.1 Å². The third-order valence-electron chi connectivity index (χ3n) is 1.92. The molecule has 0 spiro atoms. The Kier molecular flexibility index (Phi) is 1.94. The number of benzene rings is 1. The highest BCUT2D eigenvalue weighted by molar-refractivity contribution is 7.00. The van der Waals surface area contributed by atoms with Crippen LogP contribution in [0.4, 0.5) is 0 Å². The first-order valence-electron chi connectivity index (χ1n) is 3.87. The first-order chi connectivity index (χ1) is 6.36. The van der Waals surface area contributed by atoms with Crippen molar-refractivity contribution >= 4 is 34.9 Å². The lowest BCUT2D eigenvalue weighted by atomic mass is 10.1. The third-order valence-corrected chi connectivity index (χ3v) is 2.45. The summed E-state index contributed by atoms with van der Waals surface area (Å²) >= 11 is 1.22. The highest BCUT2D eigenvalue weighted by atomic mass is 32.1. The Balaban J connectivity index is 2.88. The molecule has 2 aromatic rings. The molecule has 0 radical (unpaired) electrons. The molecule has 1 aromatic heterocycles. The maximum absolute atomic E-state index is 4.21. The molecule has 0 amide bonds. The van der Waals surface area contributed by atoms with Crippen molar-refractivity contribution in [2.45, 2.75) is 0 Å². The Hall–Kier alpha value is -1.48. The molecule has 0 unspecified atom stereocenters. The van der Waals surface area contributed by atoms with E-state index in [1.807, 2.05) is 12.1 Å². The zero-order chi connectivity index (χ0) is 9.26. The largest absolute Gasteiger partial charge is 0.172 e. The van der Waals surface area contributed by atoms with Crippen LogP contribution in [0.15, 0.2) is 25.3 Å². The molecule has 0 fully saturated rings. The summed E-state index contributed by atoms with van der Waals surface area (Å²) in [6.45, 7) is 7.45. The van der Waals surface area contributed by atoms with E-state index in [4.69, 9.17) is 0 Å². The lowest BCUT2D eigenvalue weighted by Gasteiger charge is -1.96. The monoisotopic (exact) mass is 188 g/mol. The highest BCUT2D eigenvalue weighted by Crippen LogP contribution is 2.22. The zero-order valence-electron chi connectivity index (χ0n) is 7.03. The predicted octanol–water partition coefficient (Wildman–Crippen LogP) is 2.98. The van der Waals surface area contributed by atoms with Gasteiger partial charge in [0.15, 0.2) is 0 Å². The van der Waals surface area contributed by atoms with Crippen molar-refractivity contribution in [2.24, 2.45) is 0 Å². The van der Waals surface area contributed by atoms with Gasteiger partial charge >= 0.3 is 0 Å². The molecule has 13 heavy (non-hydrogen) atoms. The first kappa shape index (κ1) is 8.13. The van der Waals surface area contributed by atoms with Gasteiger partial charge in [-0.2, -0.15) is 8.75 Å². The number of nitrogens with zero attached hydrogens (tertiary/aromatic N) is 2. The van der Waals surface area contributed by atoms with E-state index in [1.54, 1.807) is 12.2 Å². The van der Waals surface area contributed by atoms with Crippen molar-refractivity contribution in [3.63, 3.8) is 0 Å². The second-order valence-electron chi connectivity index (χ2n) is 2.61. The standard InChI is InChI=1S/C10H8N2S/c1-3-7-5-6-8(4-2)10-9(7)11-13-12-10/h3-6H,1-2H2. The van der Waals surface area contributed by atoms with Crippen LogP contribution in [0.25, 0.3) is 23.2 Å². The molecule has 0 aliphatic carbocycles. The lowest BCUT2D eigenvalue weighted by Crippen LogP contribution is -1.80. The summed E-state index contributed by atoms with van der Waals surface area (Å²) in [5, 5.41) is 0. The maximum atomic E-state index is 4.21. The molecule has 1 aromatic carbocycles. The van der Waals surface area contributed by atoms with Crippen LogP contribution < -0.4 is 0 Å². The van der Waals surface area contributed by atoms with Crippen molar-refractivity contribution < 1.29 is 0 Å². The normalized spacial score (nSPS) is 10.2. The average molecular weight is 188 g/mol. The summed E-state index contributed by atoms with van der Waals surface area (Å²) in [5.74, 6) is 0. The molecule has 1 heterocycles. The second kappa shape index (κ2) is 3.11. The predicted molar refractivity (Wildman–Crippen MR) is 57.6 cm³/mol. The van der Waals surface area contributed by atoms with Crippen LogP contribution in [0.2, 0.25) is 0 Å². The molecule has 2 nitrogen and oxygen atoms in total. The van der Waals surface area contributed by atoms with Crippen LogP contribution in [0, 0.1) is 0 Å². The van der Waals surface area contributed by atoms with E-state index in [2.05, 4.69) is 21.9 Å². The zero-order valence-corrected chi connectivity index (χ0v) is 7.84. The Bertz CT molecular complexity index is 429. The van der Waals surface area contributed by atoms with Gasteiger partial charge in [0.1, 0.15) is 11.0 Å². The summed E-state index contributed by atoms with van der Waals surface area (Å²) in [4.78, 5) is 0. The van der Waals surface area contributed by atoms with Crippen molar-refractivity contribution in [1.82, 2.24) is 8.75 Å². The molecule has 0 aliphatic rings. The lowest BCUT2D eigenvalue weighted by molar-refractivity contribution is 1.60. The fraction of sp³-hybridized carbons (Fsp3) is 0. The van der Waals surface area contributed by atoms with Gasteiger partial charge in [0, 0.05) is 11.1 Å². The summed E-state index contributed by atoms with van der Waals surface area (Å²) in [6.07, 6.45) is 3.58. The summed E-state index contributed by atoms with van der Waals surface area (Å²) in [5.41, 5.74) is 3.87. The number of fused-ring (bicyclic) bond motifs is 1. The van der Waals surface area contributed by atoms with Gasteiger partial charge in [-0.15, -0.1) is 0 Å². The molecule has 0 aliphatic heterocycles. The van der Waals surface area contributed by atoms with Gasteiger partial charge in [-0.1, -0.05) is 37.4 Å². The van der Waals surface area contributed by atoms with Gasteiger partial charge in [-0.25, -0.2) is 0 Å². The van der Waals surface area contributed by atoms with E-state index in [0.29, 0.717) is 0 Å². The number of aromatic nitrogens is 2. The van der Waals surface area contributed by atoms with E-state index in [-0.39, 0.29) is 0 Å². The number of rotatable bonds is 2. The van der Waals surface area contributed by atoms with Crippen LogP contribution >= 0.6 is 11.7 Å². The fourth-order valence-corrected chi connectivity index (χ4v) is 1.82. The molecule has 3 heteroatoms. The second-order valence-corrected chi connectivity index (χ2v) is 3.14. The quantitative estimate of drug-likeness (QED) is 0.724. The minimum absolute atomic E-state index is 0.914. The molecule has 0 saturated carbocycles. The first-order valence-corrected chi connectivity index (χ1v) is 4.60. The van der Waals surface area contributed by atoms with Crippen molar-refractivity contribution in [3.8, 4) is 0 Å². The van der Waals surface area contributed by atoms with Gasteiger partial charge in [-0.3, -0.25) is 0 Å². The highest BCUT2D eigenvalue weighted by Gasteiger charge is 2.05. The number of hydrogen-bond donors (Lipinski definition) is 0. The fourth-order valence-electron chi connectivity index (χ4n) is 1.23. The molecule has 0 atom stereocenters. The summed E-state index contributed by atoms with van der Waals surface area (Å²) < 4.78 is 8.42. The van der Waals surface area contributed by atoms with Crippen molar-refractivity contribution in [2.75, 3.05) is 0 Å². The van der Waals surface area contributed by atoms with E-state index in [9.17, 15) is 0 Å². The molecule has 0 N–H and O–H groups in total. The molecule has 64 valence electrons. The van der Waals surface area contributed by atoms with Gasteiger partial charge in [0.2, 0.25) is 0 Å². The SMILES string of the molecule is C=Cc1ccc(C=C)c2nsnc12. The van der Waals surface area contributed by atoms with Gasteiger partial charge in [-0.05, 0) is 0 Å². The third kappa shape index (κ3) is 1.17. The Labute approximate surface area is 80.6 Å². The number of hydrogen-bond acceptors (Lipinski definition) is 3. The summed E-state index contributed by atoms with van der Waals surface area (Å²) in [7, 11) is 0. The maximum Gasteiger partial charge on any atom is 0.112 e. The average Bonchev–Trinajstić information content (AvgIpc) is 2.64. The van der Waals surface area contributed by atoms with Crippen LogP contribution in [-0.2, 0) is 0 Å². The smallest absolute Gasteiger partial charge is 0.112 e. The molecular formula is C10H8N2S. The van der Waals surface area contributed by atoms with Crippen molar-refractivity contribution in [3.05, 3.63) is 36.4 Å². The van der Waals surface area contributed by atoms with Crippen LogP contribution in [0.5, 0.6) is 0 Å². The van der Waals surface area contributed by atoms with Crippen LogP contribution in [-0.4, -0.2) is 8.75 Å². The minimum Gasteiger partial charge on any atom is -0.172 e. The van der Waals surface area contributed by atoms with E-state index in [0.717, 1.165) is 22.2 Å². The molecular weight excluding hydrogens is 180 g/mol. The minimum atomic E-state index is 0.914. The molecule has 2 rings (SSSR count). The Morgan fingerprint density at radius 2 is 1.46 bits per heavy atom. The van der Waals surface area contributed by atoms with Crippen LogP contribution in [0.3, 0.4) is 0 Å². The van der Waals surface area contributed by atoms with Gasteiger partial charge in [0.05, 0.1) is 11.7 Å². The Morgan fingerprint density at radius 3 is 1.85 bits per heavy atom. The Morgan fingerprint density at radius 1 is 1.00 bits per heavy atom. The summed E-state index contributed by atoms with van der Waals surface area (Å²) in [6, 6.07) is 3.96. The van der Waals surface area contributed by atoms with E-state index >= 15 is 0 Å². The van der Waals surface area contributed by atoms with Gasteiger partial charge in [0.25, 0.3) is 0 Å². The van der Waals surface area contributed by atoms with E-state index in [1.165, 1.54) is 11.7 Å².